The largest absolute Gasteiger partial charge is 0.305 e. The Morgan fingerprint density at radius 1 is 0.969 bits per heavy atom. The number of amides is 1. The molecule has 0 spiro atoms. The number of carbonyl (C=O) groups excluding carboxylic acids is 1. The van der Waals surface area contributed by atoms with E-state index in [-0.39, 0.29) is 16.8 Å². The van der Waals surface area contributed by atoms with Gasteiger partial charge in [0.25, 0.3) is 15.9 Å². The van der Waals surface area contributed by atoms with Gasteiger partial charge in [-0.15, -0.1) is 0 Å². The van der Waals surface area contributed by atoms with Crippen LogP contribution in [0.4, 0.5) is 11.4 Å². The zero-order chi connectivity index (χ0) is 22.9. The van der Waals surface area contributed by atoms with Gasteiger partial charge in [-0.05, 0) is 73.2 Å². The Hall–Kier alpha value is -3.12. The molecule has 0 saturated carbocycles. The second-order valence-electron chi connectivity index (χ2n) is 8.15. The maximum absolute atomic E-state index is 13.3. The van der Waals surface area contributed by atoms with Gasteiger partial charge in [0.05, 0.1) is 10.6 Å². The molecule has 1 heterocycles. The SMILES string of the molecule is CCc1cccc(CC)c1NS(=O)(=O)c1ccc2c(c1)CC(C)N2C(=O)c1ccccc1. The van der Waals surface area contributed by atoms with Crippen molar-refractivity contribution in [2.75, 3.05) is 9.62 Å². The Kier molecular flexibility index (Phi) is 6.07. The van der Waals surface area contributed by atoms with E-state index in [1.807, 2.05) is 57.2 Å². The third-order valence-corrected chi connectivity index (χ3v) is 7.40. The van der Waals surface area contributed by atoms with Crippen LogP contribution in [0, 0.1) is 0 Å². The number of hydrogen-bond donors (Lipinski definition) is 1. The van der Waals surface area contributed by atoms with Gasteiger partial charge < -0.3 is 4.90 Å². The van der Waals surface area contributed by atoms with Crippen LogP contribution in [0.15, 0.2) is 71.6 Å². The number of aryl methyl sites for hydroxylation is 2. The first-order valence-electron chi connectivity index (χ1n) is 11.0. The molecule has 0 fully saturated rings. The molecular weight excluding hydrogens is 420 g/mol. The number of carbonyl (C=O) groups is 1. The zero-order valence-corrected chi connectivity index (χ0v) is 19.4. The maximum atomic E-state index is 13.3. The van der Waals surface area contributed by atoms with Crippen molar-refractivity contribution in [3.63, 3.8) is 0 Å². The summed E-state index contributed by atoms with van der Waals surface area (Å²) in [6.45, 7) is 6.02. The Labute approximate surface area is 190 Å². The van der Waals surface area contributed by atoms with Crippen molar-refractivity contribution in [2.24, 2.45) is 0 Å². The topological polar surface area (TPSA) is 66.5 Å². The van der Waals surface area contributed by atoms with Crippen molar-refractivity contribution < 1.29 is 13.2 Å². The molecule has 1 atom stereocenters. The lowest BCUT2D eigenvalue weighted by molar-refractivity contribution is 0.0981. The molecule has 0 aliphatic carbocycles. The van der Waals surface area contributed by atoms with E-state index in [0.29, 0.717) is 17.7 Å². The quantitative estimate of drug-likeness (QED) is 0.563. The Bertz CT molecular complexity index is 1230. The minimum Gasteiger partial charge on any atom is -0.305 e. The van der Waals surface area contributed by atoms with Crippen LogP contribution in [-0.2, 0) is 29.3 Å². The summed E-state index contributed by atoms with van der Waals surface area (Å²) in [5, 5.41) is 0. The Morgan fingerprint density at radius 3 is 2.25 bits per heavy atom. The predicted molar refractivity (Wildman–Crippen MR) is 129 cm³/mol. The first-order chi connectivity index (χ1) is 15.4. The molecule has 166 valence electrons. The van der Waals surface area contributed by atoms with Crippen molar-refractivity contribution >= 4 is 27.3 Å². The van der Waals surface area contributed by atoms with Gasteiger partial charge in [-0.25, -0.2) is 8.42 Å². The molecule has 5 nitrogen and oxygen atoms in total. The predicted octanol–water partition coefficient (Wildman–Crippen LogP) is 5.20. The summed E-state index contributed by atoms with van der Waals surface area (Å²) in [5.74, 6) is -0.0740. The second-order valence-corrected chi connectivity index (χ2v) is 9.83. The summed E-state index contributed by atoms with van der Waals surface area (Å²) in [4.78, 5) is 15.1. The minimum absolute atomic E-state index is 0.0452. The van der Waals surface area contributed by atoms with Crippen molar-refractivity contribution in [1.29, 1.82) is 0 Å². The average molecular weight is 449 g/mol. The monoisotopic (exact) mass is 448 g/mol. The summed E-state index contributed by atoms with van der Waals surface area (Å²) in [7, 11) is -3.76. The van der Waals surface area contributed by atoms with E-state index >= 15 is 0 Å². The highest BCUT2D eigenvalue weighted by Crippen LogP contribution is 2.35. The summed E-state index contributed by atoms with van der Waals surface area (Å²) in [6, 6.07) is 20.0. The number of benzene rings is 3. The number of para-hydroxylation sites is 1. The average Bonchev–Trinajstić information content (AvgIpc) is 3.14. The van der Waals surface area contributed by atoms with Crippen molar-refractivity contribution in [3.8, 4) is 0 Å². The third kappa shape index (κ3) is 4.02. The van der Waals surface area contributed by atoms with Crippen molar-refractivity contribution in [3.05, 3.63) is 89.0 Å². The van der Waals surface area contributed by atoms with Gasteiger partial charge in [-0.2, -0.15) is 0 Å². The fourth-order valence-electron chi connectivity index (χ4n) is 4.37. The van der Waals surface area contributed by atoms with Gasteiger partial charge in [0.2, 0.25) is 0 Å². The minimum atomic E-state index is -3.76. The smallest absolute Gasteiger partial charge is 0.261 e. The van der Waals surface area contributed by atoms with Crippen LogP contribution in [0.3, 0.4) is 0 Å². The lowest BCUT2D eigenvalue weighted by Gasteiger charge is -2.23. The number of nitrogens with one attached hydrogen (secondary N) is 1. The molecule has 1 aliphatic heterocycles. The molecule has 1 amide bonds. The molecule has 0 aromatic heterocycles. The summed E-state index contributed by atoms with van der Waals surface area (Å²) in [6.07, 6.45) is 2.09. The van der Waals surface area contributed by atoms with E-state index in [1.165, 1.54) is 0 Å². The summed E-state index contributed by atoms with van der Waals surface area (Å²) in [5.41, 5.74) is 4.88. The number of anilines is 2. The highest BCUT2D eigenvalue weighted by molar-refractivity contribution is 7.92. The molecule has 6 heteroatoms. The molecular formula is C26H28N2O3S. The number of rotatable bonds is 6. The van der Waals surface area contributed by atoms with Crippen LogP contribution in [0.1, 0.15) is 47.8 Å². The normalized spacial score (nSPS) is 15.5. The number of hydrogen-bond acceptors (Lipinski definition) is 3. The first kappa shape index (κ1) is 22.1. The van der Waals surface area contributed by atoms with E-state index < -0.39 is 10.0 Å². The fourth-order valence-corrected chi connectivity index (χ4v) is 5.56. The molecule has 0 bridgehead atoms. The maximum Gasteiger partial charge on any atom is 0.261 e. The molecule has 3 aromatic carbocycles. The van der Waals surface area contributed by atoms with Crippen molar-refractivity contribution in [1.82, 2.24) is 0 Å². The second kappa shape index (κ2) is 8.79. The lowest BCUT2D eigenvalue weighted by Crippen LogP contribution is -2.35. The number of sulfonamides is 1. The molecule has 32 heavy (non-hydrogen) atoms. The van der Waals surface area contributed by atoms with Gasteiger partial charge >= 0.3 is 0 Å². The van der Waals surface area contributed by atoms with Crippen LogP contribution in [0.5, 0.6) is 0 Å². The van der Waals surface area contributed by atoms with Crippen LogP contribution in [0.25, 0.3) is 0 Å². The van der Waals surface area contributed by atoms with Gasteiger partial charge in [0.15, 0.2) is 0 Å². The standard InChI is InChI=1S/C26H28N2O3S/c1-4-19-12-9-13-20(5-2)25(19)27-32(30,31)23-14-15-24-22(17-23)16-18(3)28(24)26(29)21-10-7-6-8-11-21/h6-15,17-18,27H,4-5,16H2,1-3H3. The summed E-state index contributed by atoms with van der Waals surface area (Å²) >= 11 is 0. The molecule has 1 aliphatic rings. The van der Waals surface area contributed by atoms with E-state index in [9.17, 15) is 13.2 Å². The molecule has 0 radical (unpaired) electrons. The Morgan fingerprint density at radius 2 is 1.62 bits per heavy atom. The third-order valence-electron chi connectivity index (χ3n) is 6.05. The van der Waals surface area contributed by atoms with Gasteiger partial charge in [-0.3, -0.25) is 9.52 Å². The highest BCUT2D eigenvalue weighted by atomic mass is 32.2. The van der Waals surface area contributed by atoms with Crippen LogP contribution >= 0.6 is 0 Å². The highest BCUT2D eigenvalue weighted by Gasteiger charge is 2.32. The van der Waals surface area contributed by atoms with Crippen LogP contribution in [0.2, 0.25) is 0 Å². The molecule has 4 rings (SSSR count). The Balaban J connectivity index is 1.67. The van der Waals surface area contributed by atoms with Gasteiger partial charge in [-0.1, -0.05) is 50.2 Å². The van der Waals surface area contributed by atoms with E-state index in [4.69, 9.17) is 0 Å². The zero-order valence-electron chi connectivity index (χ0n) is 18.6. The number of nitrogens with zero attached hydrogens (tertiary/aromatic N) is 1. The van der Waals surface area contributed by atoms with Gasteiger partial charge in [0.1, 0.15) is 0 Å². The van der Waals surface area contributed by atoms with E-state index in [1.54, 1.807) is 35.2 Å². The molecule has 0 saturated heterocycles. The van der Waals surface area contributed by atoms with Gasteiger partial charge in [0, 0.05) is 17.3 Å². The molecule has 3 aromatic rings. The van der Waals surface area contributed by atoms with E-state index in [0.717, 1.165) is 35.2 Å². The van der Waals surface area contributed by atoms with Crippen molar-refractivity contribution in [2.45, 2.75) is 51.0 Å². The van der Waals surface area contributed by atoms with E-state index in [2.05, 4.69) is 4.72 Å². The first-order valence-corrected chi connectivity index (χ1v) is 12.5. The van der Waals surface area contributed by atoms with Crippen LogP contribution in [-0.4, -0.2) is 20.4 Å². The number of fused-ring (bicyclic) bond motifs is 1. The summed E-state index contributed by atoms with van der Waals surface area (Å²) < 4.78 is 29.4. The van der Waals surface area contributed by atoms with Crippen LogP contribution < -0.4 is 9.62 Å². The lowest BCUT2D eigenvalue weighted by atomic mass is 10.0. The fraction of sp³-hybridized carbons (Fsp3) is 0.269. The molecule has 1 unspecified atom stereocenters. The molecule has 1 N–H and O–H groups in total.